The van der Waals surface area contributed by atoms with E-state index in [1.54, 1.807) is 30.3 Å². The molecule has 0 aromatic heterocycles. The fourth-order valence-electron chi connectivity index (χ4n) is 1.97. The zero-order valence-corrected chi connectivity index (χ0v) is 12.3. The second-order valence-electron chi connectivity index (χ2n) is 4.80. The van der Waals surface area contributed by atoms with Crippen LogP contribution in [0.4, 0.5) is 5.69 Å². The Labute approximate surface area is 119 Å². The number of hydrogen-bond donors (Lipinski definition) is 2. The molecular formula is C15H18N2O2S. The van der Waals surface area contributed by atoms with E-state index >= 15 is 0 Å². The highest BCUT2D eigenvalue weighted by Crippen LogP contribution is 2.24. The maximum Gasteiger partial charge on any atom is 0.261 e. The van der Waals surface area contributed by atoms with Gasteiger partial charge in [-0.15, -0.1) is 0 Å². The summed E-state index contributed by atoms with van der Waals surface area (Å²) in [7, 11) is -3.60. The molecule has 0 aliphatic heterocycles. The van der Waals surface area contributed by atoms with Crippen molar-refractivity contribution in [3.63, 3.8) is 0 Å². The van der Waals surface area contributed by atoms with E-state index in [0.717, 1.165) is 11.1 Å². The van der Waals surface area contributed by atoms with Crippen LogP contribution >= 0.6 is 0 Å². The van der Waals surface area contributed by atoms with Crippen molar-refractivity contribution in [2.45, 2.75) is 24.8 Å². The zero-order chi connectivity index (χ0) is 14.8. The van der Waals surface area contributed by atoms with Crippen molar-refractivity contribution >= 4 is 15.7 Å². The van der Waals surface area contributed by atoms with Crippen LogP contribution in [-0.4, -0.2) is 8.42 Å². The van der Waals surface area contributed by atoms with Gasteiger partial charge in [0.2, 0.25) is 0 Å². The number of sulfonamides is 1. The highest BCUT2D eigenvalue weighted by atomic mass is 32.2. The van der Waals surface area contributed by atoms with Gasteiger partial charge in [-0.05, 0) is 43.2 Å². The summed E-state index contributed by atoms with van der Waals surface area (Å²) in [6, 6.07) is 13.7. The van der Waals surface area contributed by atoms with E-state index in [9.17, 15) is 8.42 Å². The van der Waals surface area contributed by atoms with E-state index in [4.69, 9.17) is 5.73 Å². The van der Waals surface area contributed by atoms with Crippen LogP contribution in [-0.2, 0) is 10.0 Å². The number of aryl methyl sites for hydroxylation is 1. The third-order valence-electron chi connectivity index (χ3n) is 3.00. The lowest BCUT2D eigenvalue weighted by atomic mass is 10.1. The molecule has 0 bridgehead atoms. The van der Waals surface area contributed by atoms with Gasteiger partial charge in [0.15, 0.2) is 0 Å². The summed E-state index contributed by atoms with van der Waals surface area (Å²) in [5.41, 5.74) is 8.04. The van der Waals surface area contributed by atoms with Crippen LogP contribution < -0.4 is 10.5 Å². The van der Waals surface area contributed by atoms with Crippen molar-refractivity contribution < 1.29 is 8.42 Å². The molecule has 3 N–H and O–H groups in total. The van der Waals surface area contributed by atoms with Crippen molar-refractivity contribution in [3.8, 4) is 0 Å². The Morgan fingerprint density at radius 3 is 2.45 bits per heavy atom. The van der Waals surface area contributed by atoms with Gasteiger partial charge in [-0.1, -0.05) is 30.3 Å². The minimum Gasteiger partial charge on any atom is -0.324 e. The molecule has 1 unspecified atom stereocenters. The summed E-state index contributed by atoms with van der Waals surface area (Å²) in [5.74, 6) is 0. The molecule has 106 valence electrons. The number of benzene rings is 2. The highest BCUT2D eigenvalue weighted by Gasteiger charge is 2.16. The lowest BCUT2D eigenvalue weighted by Crippen LogP contribution is -2.16. The van der Waals surface area contributed by atoms with Crippen LogP contribution in [0, 0.1) is 6.92 Å². The first-order valence-corrected chi connectivity index (χ1v) is 7.82. The van der Waals surface area contributed by atoms with E-state index in [1.165, 1.54) is 0 Å². The van der Waals surface area contributed by atoms with E-state index in [1.807, 2.05) is 32.0 Å². The monoisotopic (exact) mass is 290 g/mol. The summed E-state index contributed by atoms with van der Waals surface area (Å²) in [6.45, 7) is 3.68. The van der Waals surface area contributed by atoms with Crippen LogP contribution in [0.25, 0.3) is 0 Å². The molecule has 0 aliphatic carbocycles. The minimum absolute atomic E-state index is 0.244. The molecule has 4 nitrogen and oxygen atoms in total. The first kappa shape index (κ1) is 14.6. The predicted octanol–water partition coefficient (Wildman–Crippen LogP) is 2.82. The predicted molar refractivity (Wildman–Crippen MR) is 81.0 cm³/mol. The van der Waals surface area contributed by atoms with Gasteiger partial charge >= 0.3 is 0 Å². The van der Waals surface area contributed by atoms with Crippen molar-refractivity contribution in [1.29, 1.82) is 0 Å². The topological polar surface area (TPSA) is 72.2 Å². The van der Waals surface area contributed by atoms with Gasteiger partial charge in [-0.2, -0.15) is 0 Å². The second-order valence-corrected chi connectivity index (χ2v) is 6.48. The summed E-state index contributed by atoms with van der Waals surface area (Å²) >= 11 is 0. The maximum atomic E-state index is 12.4. The molecule has 2 aromatic carbocycles. The third kappa shape index (κ3) is 3.18. The van der Waals surface area contributed by atoms with E-state index in [2.05, 4.69) is 4.72 Å². The van der Waals surface area contributed by atoms with E-state index < -0.39 is 10.0 Å². The number of nitrogens with two attached hydrogens (primary N) is 1. The highest BCUT2D eigenvalue weighted by molar-refractivity contribution is 7.92. The van der Waals surface area contributed by atoms with Gasteiger partial charge in [0.05, 0.1) is 10.6 Å². The quantitative estimate of drug-likeness (QED) is 0.909. The molecule has 0 saturated carbocycles. The van der Waals surface area contributed by atoms with Crippen molar-refractivity contribution in [2.24, 2.45) is 5.73 Å². The van der Waals surface area contributed by atoms with Gasteiger partial charge in [-0.25, -0.2) is 8.42 Å². The first-order chi connectivity index (χ1) is 9.40. The number of rotatable bonds is 4. The minimum atomic E-state index is -3.60. The molecule has 0 aliphatic rings. The number of nitrogens with one attached hydrogen (secondary N) is 1. The average Bonchev–Trinajstić information content (AvgIpc) is 2.38. The number of hydrogen-bond acceptors (Lipinski definition) is 3. The van der Waals surface area contributed by atoms with Crippen LogP contribution in [0.5, 0.6) is 0 Å². The SMILES string of the molecule is Cc1cccc(S(=O)(=O)Nc2ccccc2C(C)N)c1. The average molecular weight is 290 g/mol. The lowest BCUT2D eigenvalue weighted by molar-refractivity contribution is 0.601. The van der Waals surface area contributed by atoms with Gasteiger partial charge < -0.3 is 5.73 Å². The molecular weight excluding hydrogens is 272 g/mol. The van der Waals surface area contributed by atoms with Crippen molar-refractivity contribution in [1.82, 2.24) is 0 Å². The standard InChI is InChI=1S/C15H18N2O2S/c1-11-6-5-7-13(10-11)20(18,19)17-15-9-4-3-8-14(15)12(2)16/h3-10,12,17H,16H2,1-2H3. The fraction of sp³-hybridized carbons (Fsp3) is 0.200. The molecule has 0 heterocycles. The molecule has 0 fully saturated rings. The normalized spacial score (nSPS) is 12.9. The Morgan fingerprint density at radius 1 is 1.10 bits per heavy atom. The Balaban J connectivity index is 2.39. The Kier molecular flexibility index (Phi) is 4.11. The molecule has 0 amide bonds. The molecule has 0 spiro atoms. The second kappa shape index (κ2) is 5.64. The molecule has 20 heavy (non-hydrogen) atoms. The van der Waals surface area contributed by atoms with Crippen LogP contribution in [0.2, 0.25) is 0 Å². The van der Waals surface area contributed by atoms with Gasteiger partial charge in [0.1, 0.15) is 0 Å². The third-order valence-corrected chi connectivity index (χ3v) is 4.36. The summed E-state index contributed by atoms with van der Waals surface area (Å²) < 4.78 is 27.4. The zero-order valence-electron chi connectivity index (χ0n) is 11.5. The molecule has 2 aromatic rings. The molecule has 5 heteroatoms. The molecule has 1 atom stereocenters. The Morgan fingerprint density at radius 2 is 1.80 bits per heavy atom. The van der Waals surface area contributed by atoms with Crippen molar-refractivity contribution in [2.75, 3.05) is 4.72 Å². The van der Waals surface area contributed by atoms with Crippen LogP contribution in [0.15, 0.2) is 53.4 Å². The van der Waals surface area contributed by atoms with Gasteiger partial charge in [0, 0.05) is 6.04 Å². The van der Waals surface area contributed by atoms with Crippen molar-refractivity contribution in [3.05, 3.63) is 59.7 Å². The number of anilines is 1. The smallest absolute Gasteiger partial charge is 0.261 e. The number of para-hydroxylation sites is 1. The molecule has 0 radical (unpaired) electrons. The maximum absolute atomic E-state index is 12.4. The summed E-state index contributed by atoms with van der Waals surface area (Å²) in [4.78, 5) is 0.247. The lowest BCUT2D eigenvalue weighted by Gasteiger charge is -2.15. The Bertz CT molecular complexity index is 709. The van der Waals surface area contributed by atoms with Gasteiger partial charge in [0.25, 0.3) is 10.0 Å². The molecule has 2 rings (SSSR count). The van der Waals surface area contributed by atoms with Crippen LogP contribution in [0.3, 0.4) is 0 Å². The van der Waals surface area contributed by atoms with Crippen LogP contribution in [0.1, 0.15) is 24.1 Å². The van der Waals surface area contributed by atoms with E-state index in [0.29, 0.717) is 5.69 Å². The fourth-order valence-corrected chi connectivity index (χ4v) is 3.17. The Hall–Kier alpha value is -1.85. The van der Waals surface area contributed by atoms with E-state index in [-0.39, 0.29) is 10.9 Å². The first-order valence-electron chi connectivity index (χ1n) is 6.34. The largest absolute Gasteiger partial charge is 0.324 e. The summed E-state index contributed by atoms with van der Waals surface area (Å²) in [5, 5.41) is 0. The summed E-state index contributed by atoms with van der Waals surface area (Å²) in [6.07, 6.45) is 0. The van der Waals surface area contributed by atoms with Gasteiger partial charge in [-0.3, -0.25) is 4.72 Å². The molecule has 0 saturated heterocycles.